The normalized spacial score (nSPS) is 20.0. The second-order valence-corrected chi connectivity index (χ2v) is 9.01. The number of aliphatic carboxylic acids is 1. The fourth-order valence-electron chi connectivity index (χ4n) is 4.27. The Bertz CT molecular complexity index is 855. The summed E-state index contributed by atoms with van der Waals surface area (Å²) >= 11 is 0. The van der Waals surface area contributed by atoms with Crippen LogP contribution in [0.1, 0.15) is 51.3 Å². The Kier molecular flexibility index (Phi) is 6.70. The van der Waals surface area contributed by atoms with Gasteiger partial charge in [-0.2, -0.15) is 0 Å². The topological polar surface area (TPSA) is 70.1 Å². The van der Waals surface area contributed by atoms with Crippen LogP contribution in [0.4, 0.5) is 4.79 Å². The van der Waals surface area contributed by atoms with Crippen molar-refractivity contribution in [1.82, 2.24) is 9.80 Å². The van der Waals surface area contributed by atoms with E-state index in [0.717, 1.165) is 11.1 Å². The third kappa shape index (κ3) is 4.90. The van der Waals surface area contributed by atoms with Gasteiger partial charge in [-0.25, -0.2) is 4.79 Å². The van der Waals surface area contributed by atoms with Gasteiger partial charge in [-0.3, -0.25) is 9.69 Å². The van der Waals surface area contributed by atoms with Gasteiger partial charge in [0.1, 0.15) is 11.1 Å². The number of carbonyl (C=O) groups excluding carboxylic acids is 1. The van der Waals surface area contributed by atoms with Crippen molar-refractivity contribution in [2.75, 3.05) is 19.6 Å². The van der Waals surface area contributed by atoms with Gasteiger partial charge in [0.2, 0.25) is 0 Å². The van der Waals surface area contributed by atoms with Crippen LogP contribution in [0, 0.1) is 0 Å². The molecule has 0 bridgehead atoms. The molecule has 0 radical (unpaired) electrons. The summed E-state index contributed by atoms with van der Waals surface area (Å²) in [5, 5.41) is 10.4. The monoisotopic (exact) mass is 424 g/mol. The highest BCUT2D eigenvalue weighted by Crippen LogP contribution is 2.38. The van der Waals surface area contributed by atoms with Crippen LogP contribution in [0.3, 0.4) is 0 Å². The summed E-state index contributed by atoms with van der Waals surface area (Å²) in [6, 6.07) is 19.7. The number of amides is 1. The molecule has 1 aliphatic rings. The van der Waals surface area contributed by atoms with Crippen molar-refractivity contribution in [3.63, 3.8) is 0 Å². The lowest BCUT2D eigenvalue weighted by Crippen LogP contribution is -2.67. The lowest BCUT2D eigenvalue weighted by atomic mass is 9.85. The van der Waals surface area contributed by atoms with Crippen molar-refractivity contribution in [3.8, 4) is 0 Å². The Morgan fingerprint density at radius 1 is 1.00 bits per heavy atom. The fourth-order valence-corrected chi connectivity index (χ4v) is 4.27. The maximum atomic E-state index is 12.7. The summed E-state index contributed by atoms with van der Waals surface area (Å²) in [6.45, 7) is 8.20. The molecule has 1 heterocycles. The minimum atomic E-state index is -1.23. The Labute approximate surface area is 184 Å². The Balaban J connectivity index is 2.03. The van der Waals surface area contributed by atoms with Crippen molar-refractivity contribution in [2.45, 2.75) is 51.3 Å². The van der Waals surface area contributed by atoms with Crippen molar-refractivity contribution in [1.29, 1.82) is 0 Å². The van der Waals surface area contributed by atoms with Crippen molar-refractivity contribution in [3.05, 3.63) is 71.8 Å². The van der Waals surface area contributed by atoms with Gasteiger partial charge in [0.05, 0.1) is 12.6 Å². The standard InChI is InChI=1S/C25H32N2O4/c1-5-25(22(28)29)18-26(23(30)31-24(2,3)4)16-17-27(25)21(19-12-8-6-9-13-19)20-14-10-7-11-15-20/h6-15,21H,5,16-18H2,1-4H3,(H,28,29). The SMILES string of the molecule is CCC1(C(=O)O)CN(C(=O)OC(C)(C)C)CCN1C(c1ccccc1)c1ccccc1. The molecule has 0 aromatic heterocycles. The molecule has 1 N–H and O–H groups in total. The molecule has 6 heteroatoms. The highest BCUT2D eigenvalue weighted by molar-refractivity contribution is 5.81. The number of hydrogen-bond acceptors (Lipinski definition) is 4. The third-order valence-corrected chi connectivity index (χ3v) is 5.79. The highest BCUT2D eigenvalue weighted by atomic mass is 16.6. The molecule has 1 fully saturated rings. The summed E-state index contributed by atoms with van der Waals surface area (Å²) in [5.74, 6) is -0.930. The predicted molar refractivity (Wildman–Crippen MR) is 120 cm³/mol. The molecular formula is C25H32N2O4. The number of piperazine rings is 1. The van der Waals surface area contributed by atoms with Crippen molar-refractivity contribution in [2.24, 2.45) is 0 Å². The smallest absolute Gasteiger partial charge is 0.410 e. The summed E-state index contributed by atoms with van der Waals surface area (Å²) in [4.78, 5) is 29.0. The van der Waals surface area contributed by atoms with Gasteiger partial charge in [0.25, 0.3) is 0 Å². The predicted octanol–water partition coefficient (Wildman–Crippen LogP) is 4.56. The molecule has 0 saturated carbocycles. The van der Waals surface area contributed by atoms with Crippen molar-refractivity contribution < 1.29 is 19.4 Å². The van der Waals surface area contributed by atoms with Gasteiger partial charge in [0, 0.05) is 13.1 Å². The van der Waals surface area contributed by atoms with E-state index in [9.17, 15) is 14.7 Å². The minimum absolute atomic E-state index is 0.0733. The van der Waals surface area contributed by atoms with E-state index in [2.05, 4.69) is 0 Å². The van der Waals surface area contributed by atoms with E-state index in [4.69, 9.17) is 4.74 Å². The van der Waals surface area contributed by atoms with Gasteiger partial charge in [-0.15, -0.1) is 0 Å². The quantitative estimate of drug-likeness (QED) is 0.762. The average molecular weight is 425 g/mol. The van der Waals surface area contributed by atoms with Crippen molar-refractivity contribution >= 4 is 12.1 Å². The van der Waals surface area contributed by atoms with E-state index in [1.807, 2.05) is 93.3 Å². The fraction of sp³-hybridized carbons (Fsp3) is 0.440. The number of hydrogen-bond donors (Lipinski definition) is 1. The highest BCUT2D eigenvalue weighted by Gasteiger charge is 2.51. The summed E-state index contributed by atoms with van der Waals surface area (Å²) in [7, 11) is 0. The number of carbonyl (C=O) groups is 2. The first kappa shape index (κ1) is 22.8. The van der Waals surface area contributed by atoms with E-state index >= 15 is 0 Å². The van der Waals surface area contributed by atoms with E-state index in [1.165, 1.54) is 4.90 Å². The largest absolute Gasteiger partial charge is 0.480 e. The van der Waals surface area contributed by atoms with Gasteiger partial charge < -0.3 is 14.7 Å². The molecule has 31 heavy (non-hydrogen) atoms. The second-order valence-electron chi connectivity index (χ2n) is 9.01. The van der Waals surface area contributed by atoms with Crippen LogP contribution >= 0.6 is 0 Å². The molecule has 166 valence electrons. The number of carboxylic acid groups (broad SMARTS) is 1. The number of benzene rings is 2. The van der Waals surface area contributed by atoms with E-state index in [1.54, 1.807) is 0 Å². The Hall–Kier alpha value is -2.86. The lowest BCUT2D eigenvalue weighted by Gasteiger charge is -2.51. The zero-order valence-electron chi connectivity index (χ0n) is 18.7. The summed E-state index contributed by atoms with van der Waals surface area (Å²) < 4.78 is 5.54. The first-order chi connectivity index (χ1) is 14.7. The number of nitrogens with zero attached hydrogens (tertiary/aromatic N) is 2. The summed E-state index contributed by atoms with van der Waals surface area (Å²) in [6.07, 6.45) is -0.111. The van der Waals surface area contributed by atoms with E-state index < -0.39 is 23.2 Å². The number of carboxylic acids is 1. The van der Waals surface area contributed by atoms with Crippen LogP contribution in [0.15, 0.2) is 60.7 Å². The van der Waals surface area contributed by atoms with Crippen LogP contribution in [0.25, 0.3) is 0 Å². The van der Waals surface area contributed by atoms with Gasteiger partial charge in [-0.1, -0.05) is 67.6 Å². The van der Waals surface area contributed by atoms with Crippen LogP contribution in [-0.2, 0) is 9.53 Å². The van der Waals surface area contributed by atoms with E-state index in [0.29, 0.717) is 19.5 Å². The first-order valence-electron chi connectivity index (χ1n) is 10.8. The molecule has 1 saturated heterocycles. The van der Waals surface area contributed by atoms with Crippen LogP contribution in [0.5, 0.6) is 0 Å². The Morgan fingerprint density at radius 3 is 1.94 bits per heavy atom. The maximum Gasteiger partial charge on any atom is 0.410 e. The second kappa shape index (κ2) is 9.10. The Morgan fingerprint density at radius 2 is 1.52 bits per heavy atom. The minimum Gasteiger partial charge on any atom is -0.480 e. The number of rotatable bonds is 5. The molecular weight excluding hydrogens is 392 g/mol. The zero-order valence-corrected chi connectivity index (χ0v) is 18.7. The molecule has 1 atom stereocenters. The molecule has 3 rings (SSSR count). The summed E-state index contributed by atoms with van der Waals surface area (Å²) in [5.41, 5.74) is 0.186. The third-order valence-electron chi connectivity index (χ3n) is 5.79. The van der Waals surface area contributed by atoms with Gasteiger partial charge in [0.15, 0.2) is 0 Å². The van der Waals surface area contributed by atoms with Crippen LogP contribution in [0.2, 0.25) is 0 Å². The van der Waals surface area contributed by atoms with Crippen LogP contribution in [-0.4, -0.2) is 57.7 Å². The maximum absolute atomic E-state index is 12.7. The zero-order chi connectivity index (χ0) is 22.6. The average Bonchev–Trinajstić information content (AvgIpc) is 2.74. The molecule has 2 aromatic carbocycles. The molecule has 1 unspecified atom stereocenters. The van der Waals surface area contributed by atoms with E-state index in [-0.39, 0.29) is 12.6 Å². The molecule has 1 aliphatic heterocycles. The lowest BCUT2D eigenvalue weighted by molar-refractivity contribution is -0.158. The first-order valence-corrected chi connectivity index (χ1v) is 10.8. The molecule has 0 spiro atoms. The molecule has 6 nitrogen and oxygen atoms in total. The van der Waals surface area contributed by atoms with Crippen LogP contribution < -0.4 is 0 Å². The molecule has 0 aliphatic carbocycles. The number of ether oxygens (including phenoxy) is 1. The molecule has 1 amide bonds. The van der Waals surface area contributed by atoms with Gasteiger partial charge in [-0.05, 0) is 38.3 Å². The van der Waals surface area contributed by atoms with Gasteiger partial charge >= 0.3 is 12.1 Å². The molecule has 2 aromatic rings.